The van der Waals surface area contributed by atoms with E-state index in [9.17, 15) is 4.39 Å². The van der Waals surface area contributed by atoms with E-state index in [1.165, 1.54) is 17.8 Å². The molecule has 3 aromatic rings. The van der Waals surface area contributed by atoms with Gasteiger partial charge in [-0.05, 0) is 35.7 Å². The summed E-state index contributed by atoms with van der Waals surface area (Å²) in [6, 6.07) is 17.5. The van der Waals surface area contributed by atoms with Crippen molar-refractivity contribution in [2.75, 3.05) is 0 Å². The highest BCUT2D eigenvalue weighted by Gasteiger charge is 2.12. The minimum atomic E-state index is -0.440. The van der Waals surface area contributed by atoms with Crippen LogP contribution >= 0.6 is 11.8 Å². The molecule has 0 N–H and O–H groups in total. The van der Waals surface area contributed by atoms with Crippen molar-refractivity contribution in [2.24, 2.45) is 0 Å². The van der Waals surface area contributed by atoms with Gasteiger partial charge in [0.2, 0.25) is 5.88 Å². The third kappa shape index (κ3) is 5.05. The zero-order valence-electron chi connectivity index (χ0n) is 15.0. The van der Waals surface area contributed by atoms with E-state index in [1.54, 1.807) is 30.3 Å². The average Bonchev–Trinajstić information content (AvgIpc) is 2.68. The molecule has 1 aromatic heterocycles. The van der Waals surface area contributed by atoms with Gasteiger partial charge in [-0.3, -0.25) is 0 Å². The molecule has 0 spiro atoms. The van der Waals surface area contributed by atoms with Gasteiger partial charge in [0.05, 0.1) is 17.3 Å². The molecule has 0 aliphatic carbocycles. The van der Waals surface area contributed by atoms with Crippen molar-refractivity contribution >= 4 is 11.8 Å². The van der Waals surface area contributed by atoms with Crippen molar-refractivity contribution in [3.05, 3.63) is 77.2 Å². The molecule has 6 heteroatoms. The van der Waals surface area contributed by atoms with Gasteiger partial charge in [0.25, 0.3) is 0 Å². The van der Waals surface area contributed by atoms with Gasteiger partial charge in [0.15, 0.2) is 16.7 Å². The minimum Gasteiger partial charge on any atom is -0.436 e. The van der Waals surface area contributed by atoms with E-state index >= 15 is 0 Å². The van der Waals surface area contributed by atoms with Crippen LogP contribution in [0.3, 0.4) is 0 Å². The Balaban J connectivity index is 1.83. The molecule has 0 saturated heterocycles. The fraction of sp³-hybridized carbons (Fsp3) is 0.190. The van der Waals surface area contributed by atoms with Gasteiger partial charge in [-0.2, -0.15) is 10.2 Å². The maximum absolute atomic E-state index is 13.9. The smallest absolute Gasteiger partial charge is 0.223 e. The fourth-order valence-corrected chi connectivity index (χ4v) is 3.15. The van der Waals surface area contributed by atoms with Crippen molar-refractivity contribution in [3.63, 3.8) is 0 Å². The summed E-state index contributed by atoms with van der Waals surface area (Å²) < 4.78 is 19.5. The molecule has 136 valence electrons. The zero-order valence-corrected chi connectivity index (χ0v) is 15.8. The lowest BCUT2D eigenvalue weighted by molar-refractivity contribution is 0.420. The molecule has 0 unspecified atom stereocenters. The van der Waals surface area contributed by atoms with Crippen LogP contribution in [0.4, 0.5) is 4.39 Å². The Labute approximate surface area is 162 Å². The van der Waals surface area contributed by atoms with E-state index < -0.39 is 5.82 Å². The lowest BCUT2D eigenvalue weighted by Gasteiger charge is -2.11. The second-order valence-corrected chi connectivity index (χ2v) is 7.14. The van der Waals surface area contributed by atoms with E-state index in [1.807, 2.05) is 32.0 Å². The number of halogens is 1. The van der Waals surface area contributed by atoms with E-state index in [4.69, 9.17) is 10.00 Å². The molecule has 27 heavy (non-hydrogen) atoms. The largest absolute Gasteiger partial charge is 0.436 e. The van der Waals surface area contributed by atoms with Crippen molar-refractivity contribution in [3.8, 4) is 17.7 Å². The summed E-state index contributed by atoms with van der Waals surface area (Å²) in [5.74, 6) is 0.800. The van der Waals surface area contributed by atoms with E-state index in [-0.39, 0.29) is 11.7 Å². The zero-order chi connectivity index (χ0) is 19.2. The number of benzene rings is 2. The van der Waals surface area contributed by atoms with Crippen LogP contribution in [0.1, 0.15) is 36.6 Å². The molecule has 3 rings (SSSR count). The van der Waals surface area contributed by atoms with Gasteiger partial charge in [-0.15, -0.1) is 0 Å². The summed E-state index contributed by atoms with van der Waals surface area (Å²) in [7, 11) is 0. The summed E-state index contributed by atoms with van der Waals surface area (Å²) in [5.41, 5.74) is 2.45. The molecule has 0 fully saturated rings. The molecule has 0 amide bonds. The first kappa shape index (κ1) is 18.9. The minimum absolute atomic E-state index is 0.128. The average molecular weight is 379 g/mol. The molecule has 0 aliphatic rings. The van der Waals surface area contributed by atoms with Gasteiger partial charge < -0.3 is 4.74 Å². The fourth-order valence-electron chi connectivity index (χ4n) is 2.35. The maximum atomic E-state index is 13.9. The van der Waals surface area contributed by atoms with Crippen LogP contribution in [0.5, 0.6) is 11.6 Å². The Morgan fingerprint density at radius 3 is 2.67 bits per heavy atom. The van der Waals surface area contributed by atoms with Crippen molar-refractivity contribution in [2.45, 2.75) is 30.7 Å². The summed E-state index contributed by atoms with van der Waals surface area (Å²) in [4.78, 5) is 8.98. The number of para-hydroxylation sites is 1. The molecular weight excluding hydrogens is 361 g/mol. The lowest BCUT2D eigenvalue weighted by Crippen LogP contribution is -2.00. The van der Waals surface area contributed by atoms with Crippen LogP contribution in [0.2, 0.25) is 0 Å². The van der Waals surface area contributed by atoms with Crippen molar-refractivity contribution in [1.82, 2.24) is 9.97 Å². The third-order valence-corrected chi connectivity index (χ3v) is 4.69. The molecule has 0 aliphatic heterocycles. The van der Waals surface area contributed by atoms with E-state index in [0.29, 0.717) is 22.4 Å². The highest BCUT2D eigenvalue weighted by atomic mass is 32.2. The SMILES string of the molecule is CC(C)c1cc(Oc2ccccc2F)nc(SCc2cccc(C#N)c2)n1. The van der Waals surface area contributed by atoms with Crippen LogP contribution in [0.25, 0.3) is 0 Å². The Morgan fingerprint density at radius 1 is 1.11 bits per heavy atom. The van der Waals surface area contributed by atoms with Crippen LogP contribution in [-0.4, -0.2) is 9.97 Å². The summed E-state index contributed by atoms with van der Waals surface area (Å²) in [5, 5.41) is 9.57. The highest BCUT2D eigenvalue weighted by Crippen LogP contribution is 2.28. The Morgan fingerprint density at radius 2 is 1.93 bits per heavy atom. The number of hydrogen-bond acceptors (Lipinski definition) is 5. The lowest BCUT2D eigenvalue weighted by atomic mass is 10.1. The first-order valence-corrected chi connectivity index (χ1v) is 9.47. The second kappa shape index (κ2) is 8.65. The Bertz CT molecular complexity index is 985. The standard InChI is InChI=1S/C21H18FN3OS/c1-14(2)18-11-20(26-19-9-4-3-8-17(19)22)25-21(24-18)27-13-16-7-5-6-15(10-16)12-23/h3-11,14H,13H2,1-2H3. The molecule has 1 heterocycles. The number of nitrogens with zero attached hydrogens (tertiary/aromatic N) is 3. The topological polar surface area (TPSA) is 58.8 Å². The number of nitriles is 1. The predicted molar refractivity (Wildman–Crippen MR) is 103 cm³/mol. The Hall–Kier alpha value is -2.91. The monoisotopic (exact) mass is 379 g/mol. The number of ether oxygens (including phenoxy) is 1. The maximum Gasteiger partial charge on any atom is 0.223 e. The molecule has 0 radical (unpaired) electrons. The van der Waals surface area contributed by atoms with Gasteiger partial charge in [-0.25, -0.2) is 9.37 Å². The van der Waals surface area contributed by atoms with Crippen LogP contribution in [0.15, 0.2) is 59.8 Å². The van der Waals surface area contributed by atoms with Crippen LogP contribution in [0, 0.1) is 17.1 Å². The molecular formula is C21H18FN3OS. The molecule has 2 aromatic carbocycles. The number of rotatable bonds is 6. The Kier molecular flexibility index (Phi) is 6.05. The summed E-state index contributed by atoms with van der Waals surface area (Å²) in [6.45, 7) is 4.06. The summed E-state index contributed by atoms with van der Waals surface area (Å²) >= 11 is 1.45. The van der Waals surface area contributed by atoms with Gasteiger partial charge in [0, 0.05) is 11.8 Å². The first-order valence-electron chi connectivity index (χ1n) is 8.48. The third-order valence-electron chi connectivity index (χ3n) is 3.77. The van der Waals surface area contributed by atoms with Crippen LogP contribution < -0.4 is 4.74 Å². The van der Waals surface area contributed by atoms with Gasteiger partial charge in [0.1, 0.15) is 0 Å². The normalized spacial score (nSPS) is 10.6. The van der Waals surface area contributed by atoms with Gasteiger partial charge >= 0.3 is 0 Å². The van der Waals surface area contributed by atoms with Crippen molar-refractivity contribution in [1.29, 1.82) is 5.26 Å². The second-order valence-electron chi connectivity index (χ2n) is 6.20. The first-order chi connectivity index (χ1) is 13.0. The van der Waals surface area contributed by atoms with E-state index in [2.05, 4.69) is 16.0 Å². The molecule has 0 bridgehead atoms. The van der Waals surface area contributed by atoms with E-state index in [0.717, 1.165) is 11.3 Å². The number of thioether (sulfide) groups is 1. The van der Waals surface area contributed by atoms with Gasteiger partial charge in [-0.1, -0.05) is 49.9 Å². The molecule has 0 saturated carbocycles. The molecule has 4 nitrogen and oxygen atoms in total. The quantitative estimate of drug-likeness (QED) is 0.406. The number of hydrogen-bond donors (Lipinski definition) is 0. The highest BCUT2D eigenvalue weighted by molar-refractivity contribution is 7.98. The number of aromatic nitrogens is 2. The van der Waals surface area contributed by atoms with Crippen molar-refractivity contribution < 1.29 is 9.13 Å². The van der Waals surface area contributed by atoms with Crippen LogP contribution in [-0.2, 0) is 5.75 Å². The molecule has 0 atom stereocenters. The summed E-state index contributed by atoms with van der Waals surface area (Å²) in [6.07, 6.45) is 0. The predicted octanol–water partition coefficient (Wildman–Crippen LogP) is 5.70.